The van der Waals surface area contributed by atoms with Crippen LogP contribution in [-0.4, -0.2) is 24.2 Å². The number of amides is 2. The van der Waals surface area contributed by atoms with E-state index in [0.29, 0.717) is 23.8 Å². The van der Waals surface area contributed by atoms with Gasteiger partial charge in [0.25, 0.3) is 5.91 Å². The summed E-state index contributed by atoms with van der Waals surface area (Å²) in [7, 11) is 0. The van der Waals surface area contributed by atoms with E-state index in [-0.39, 0.29) is 6.04 Å². The van der Waals surface area contributed by atoms with Gasteiger partial charge in [-0.2, -0.15) is 0 Å². The molecule has 30 heavy (non-hydrogen) atoms. The molecular weight excluding hydrogens is 380 g/mol. The summed E-state index contributed by atoms with van der Waals surface area (Å²) in [6.45, 7) is 6.15. The Morgan fingerprint density at radius 1 is 1.07 bits per heavy atom. The number of aryl methyl sites for hydroxylation is 1. The second kappa shape index (κ2) is 9.71. The first-order valence-electron chi connectivity index (χ1n) is 11.3. The lowest BCUT2D eigenvalue weighted by Crippen LogP contribution is -2.35. The minimum absolute atomic E-state index is 0.170. The Hall–Kier alpha value is -2.24. The van der Waals surface area contributed by atoms with Gasteiger partial charge in [-0.05, 0) is 82.1 Å². The van der Waals surface area contributed by atoms with Crippen molar-refractivity contribution in [1.82, 2.24) is 5.32 Å². The van der Waals surface area contributed by atoms with Gasteiger partial charge in [0.15, 0.2) is 0 Å². The number of hydrogen-bond donors (Lipinski definition) is 2. The maximum Gasteiger partial charge on any atom is 0.408 e. The first-order valence-corrected chi connectivity index (χ1v) is 11.3. The SMILES string of the molecule is CC(C)(C)OC(=O)NC1CCCCc2cc(C(N)=O)c(OCC3CCCCC3)cc21. The van der Waals surface area contributed by atoms with Crippen molar-refractivity contribution in [2.75, 3.05) is 6.61 Å². The molecule has 1 saturated carbocycles. The molecule has 1 atom stereocenters. The molecule has 0 heterocycles. The number of hydrogen-bond acceptors (Lipinski definition) is 4. The van der Waals surface area contributed by atoms with Crippen molar-refractivity contribution in [2.24, 2.45) is 11.7 Å². The number of benzene rings is 1. The van der Waals surface area contributed by atoms with Crippen LogP contribution in [0.2, 0.25) is 0 Å². The topological polar surface area (TPSA) is 90.6 Å². The number of rotatable bonds is 5. The number of alkyl carbamates (subject to hydrolysis) is 1. The van der Waals surface area contributed by atoms with Crippen LogP contribution in [0.3, 0.4) is 0 Å². The van der Waals surface area contributed by atoms with Gasteiger partial charge in [0, 0.05) is 0 Å². The molecule has 0 aromatic heterocycles. The highest BCUT2D eigenvalue weighted by Gasteiger charge is 2.26. The summed E-state index contributed by atoms with van der Waals surface area (Å²) in [4.78, 5) is 24.5. The zero-order valence-corrected chi connectivity index (χ0v) is 18.6. The smallest absolute Gasteiger partial charge is 0.408 e. The average molecular weight is 417 g/mol. The standard InChI is InChI=1S/C24H36N2O4/c1-24(2,3)30-23(28)26-20-12-8-7-11-17-13-19(22(25)27)21(14-18(17)20)29-15-16-9-5-4-6-10-16/h13-14,16,20H,4-12,15H2,1-3H3,(H2,25,27)(H,26,28). The summed E-state index contributed by atoms with van der Waals surface area (Å²) in [6, 6.07) is 3.62. The highest BCUT2D eigenvalue weighted by atomic mass is 16.6. The Balaban J connectivity index is 1.84. The van der Waals surface area contributed by atoms with Crippen molar-refractivity contribution in [3.05, 3.63) is 28.8 Å². The Morgan fingerprint density at radius 3 is 2.43 bits per heavy atom. The zero-order valence-electron chi connectivity index (χ0n) is 18.6. The van der Waals surface area contributed by atoms with Crippen molar-refractivity contribution in [1.29, 1.82) is 0 Å². The Bertz CT molecular complexity index is 763. The van der Waals surface area contributed by atoms with E-state index < -0.39 is 17.6 Å². The largest absolute Gasteiger partial charge is 0.492 e. The molecule has 6 heteroatoms. The lowest BCUT2D eigenvalue weighted by Gasteiger charge is -2.26. The first kappa shape index (κ1) is 22.4. The predicted molar refractivity (Wildman–Crippen MR) is 117 cm³/mol. The molecule has 1 fully saturated rings. The number of nitrogens with one attached hydrogen (secondary N) is 1. The molecule has 0 aliphatic heterocycles. The second-order valence-corrected chi connectivity index (χ2v) is 9.67. The molecule has 6 nitrogen and oxygen atoms in total. The summed E-state index contributed by atoms with van der Waals surface area (Å²) in [5, 5.41) is 3.02. The molecule has 2 aliphatic rings. The van der Waals surface area contributed by atoms with E-state index >= 15 is 0 Å². The lowest BCUT2D eigenvalue weighted by molar-refractivity contribution is 0.0500. The van der Waals surface area contributed by atoms with Crippen molar-refractivity contribution < 1.29 is 19.1 Å². The van der Waals surface area contributed by atoms with Gasteiger partial charge in [-0.3, -0.25) is 4.79 Å². The van der Waals surface area contributed by atoms with Crippen molar-refractivity contribution >= 4 is 12.0 Å². The normalized spacial score (nSPS) is 20.0. The average Bonchev–Trinajstić information content (AvgIpc) is 2.86. The van der Waals surface area contributed by atoms with E-state index in [4.69, 9.17) is 15.2 Å². The van der Waals surface area contributed by atoms with E-state index in [1.54, 1.807) is 0 Å². The molecule has 0 radical (unpaired) electrons. The lowest BCUT2D eigenvalue weighted by atomic mass is 9.90. The molecule has 3 N–H and O–H groups in total. The van der Waals surface area contributed by atoms with Crippen LogP contribution in [0.5, 0.6) is 5.75 Å². The minimum Gasteiger partial charge on any atom is -0.492 e. The minimum atomic E-state index is -0.554. The van der Waals surface area contributed by atoms with Crippen molar-refractivity contribution in [3.8, 4) is 5.75 Å². The first-order chi connectivity index (χ1) is 14.2. The number of carbonyl (C=O) groups is 2. The molecule has 0 spiro atoms. The molecule has 2 amide bonds. The van der Waals surface area contributed by atoms with Crippen LogP contribution in [0.4, 0.5) is 4.79 Å². The molecule has 2 aliphatic carbocycles. The van der Waals surface area contributed by atoms with Gasteiger partial charge in [-0.15, -0.1) is 0 Å². The van der Waals surface area contributed by atoms with Gasteiger partial charge in [0.05, 0.1) is 18.2 Å². The summed E-state index contributed by atoms with van der Waals surface area (Å²) in [6.07, 6.45) is 9.34. The maximum absolute atomic E-state index is 12.4. The highest BCUT2D eigenvalue weighted by molar-refractivity contribution is 5.96. The Labute approximate surface area is 179 Å². The van der Waals surface area contributed by atoms with Crippen LogP contribution in [0.1, 0.15) is 99.7 Å². The fourth-order valence-electron chi connectivity index (χ4n) is 4.47. The van der Waals surface area contributed by atoms with Crippen LogP contribution < -0.4 is 15.8 Å². The summed E-state index contributed by atoms with van der Waals surface area (Å²) in [5.41, 5.74) is 7.60. The summed E-state index contributed by atoms with van der Waals surface area (Å²) in [5.74, 6) is 0.580. The van der Waals surface area contributed by atoms with E-state index in [1.807, 2.05) is 32.9 Å². The Kier molecular flexibility index (Phi) is 7.27. The monoisotopic (exact) mass is 416 g/mol. The third-order valence-electron chi connectivity index (χ3n) is 5.96. The van der Waals surface area contributed by atoms with Crippen LogP contribution in [0.25, 0.3) is 0 Å². The number of ether oxygens (including phenoxy) is 2. The van der Waals surface area contributed by atoms with Gasteiger partial charge in [-0.1, -0.05) is 25.7 Å². The van der Waals surface area contributed by atoms with Crippen LogP contribution in [0, 0.1) is 5.92 Å². The van der Waals surface area contributed by atoms with E-state index in [1.165, 1.54) is 32.1 Å². The quantitative estimate of drug-likeness (QED) is 0.658. The summed E-state index contributed by atoms with van der Waals surface area (Å²) >= 11 is 0. The molecule has 166 valence electrons. The van der Waals surface area contributed by atoms with E-state index in [9.17, 15) is 9.59 Å². The number of nitrogens with two attached hydrogens (primary N) is 1. The fraction of sp³-hybridized carbons (Fsp3) is 0.667. The van der Waals surface area contributed by atoms with Crippen LogP contribution in [-0.2, 0) is 11.2 Å². The molecule has 0 saturated heterocycles. The Morgan fingerprint density at radius 2 is 1.77 bits per heavy atom. The zero-order chi connectivity index (χ0) is 21.7. The molecule has 3 rings (SSSR count). The molecule has 1 aromatic carbocycles. The summed E-state index contributed by atoms with van der Waals surface area (Å²) < 4.78 is 11.6. The van der Waals surface area contributed by atoms with Gasteiger partial charge >= 0.3 is 6.09 Å². The van der Waals surface area contributed by atoms with Gasteiger partial charge < -0.3 is 20.5 Å². The molecule has 1 aromatic rings. The fourth-order valence-corrected chi connectivity index (χ4v) is 4.47. The molecule has 1 unspecified atom stereocenters. The van der Waals surface area contributed by atoms with Crippen molar-refractivity contribution in [3.63, 3.8) is 0 Å². The number of carbonyl (C=O) groups excluding carboxylic acids is 2. The maximum atomic E-state index is 12.4. The predicted octanol–water partition coefficient (Wildman–Crippen LogP) is 5.04. The van der Waals surface area contributed by atoms with E-state index in [2.05, 4.69) is 5.32 Å². The van der Waals surface area contributed by atoms with Crippen molar-refractivity contribution in [2.45, 2.75) is 90.2 Å². The van der Waals surface area contributed by atoms with Crippen LogP contribution in [0.15, 0.2) is 12.1 Å². The van der Waals surface area contributed by atoms with Gasteiger partial charge in [-0.25, -0.2) is 4.79 Å². The van der Waals surface area contributed by atoms with Crippen LogP contribution >= 0.6 is 0 Å². The third kappa shape index (κ3) is 6.13. The molecular formula is C24H36N2O4. The number of primary amides is 1. The number of fused-ring (bicyclic) bond motifs is 1. The molecule has 0 bridgehead atoms. The van der Waals surface area contributed by atoms with E-state index in [0.717, 1.165) is 36.8 Å². The third-order valence-corrected chi connectivity index (χ3v) is 5.96. The van der Waals surface area contributed by atoms with Gasteiger partial charge in [0.1, 0.15) is 11.4 Å². The second-order valence-electron chi connectivity index (χ2n) is 9.67. The van der Waals surface area contributed by atoms with Gasteiger partial charge in [0.2, 0.25) is 0 Å². The highest BCUT2D eigenvalue weighted by Crippen LogP contribution is 2.35.